The van der Waals surface area contributed by atoms with E-state index in [1.54, 1.807) is 6.20 Å². The number of halogens is 2. The summed E-state index contributed by atoms with van der Waals surface area (Å²) in [5.41, 5.74) is 1.96. The van der Waals surface area contributed by atoms with E-state index < -0.39 is 0 Å². The highest BCUT2D eigenvalue weighted by Gasteiger charge is 2.24. The number of imidazole rings is 1. The zero-order valence-electron chi connectivity index (χ0n) is 12.2. The van der Waals surface area contributed by atoms with E-state index in [9.17, 15) is 0 Å². The average molecular weight is 370 g/mol. The fraction of sp³-hybridized carbons (Fsp3) is 0.533. The van der Waals surface area contributed by atoms with Gasteiger partial charge in [0.1, 0.15) is 10.8 Å². The van der Waals surface area contributed by atoms with E-state index >= 15 is 0 Å². The predicted molar refractivity (Wildman–Crippen MR) is 87.6 cm³/mol. The molecule has 0 unspecified atom stereocenters. The highest BCUT2D eigenvalue weighted by molar-refractivity contribution is 9.10. The Morgan fingerprint density at radius 2 is 2.00 bits per heavy atom. The third-order valence-corrected chi connectivity index (χ3v) is 5.31. The molecule has 0 amide bonds. The Balaban J connectivity index is 2.09. The predicted octanol–water partition coefficient (Wildman–Crippen LogP) is 4.99. The molecule has 0 aliphatic heterocycles. The Hall–Kier alpha value is -0.940. The molecule has 112 valence electrons. The van der Waals surface area contributed by atoms with E-state index in [0.29, 0.717) is 22.9 Å². The maximum atomic E-state index is 6.32. The van der Waals surface area contributed by atoms with Crippen LogP contribution in [-0.4, -0.2) is 19.5 Å². The second-order valence-corrected chi connectivity index (χ2v) is 6.95. The molecular weight excluding hydrogens is 352 g/mol. The molecule has 2 aromatic rings. The molecule has 2 heterocycles. The van der Waals surface area contributed by atoms with Gasteiger partial charge in [0.2, 0.25) is 0 Å². The fourth-order valence-corrected chi connectivity index (χ4v) is 3.59. The second kappa shape index (κ2) is 6.05. The van der Waals surface area contributed by atoms with Crippen LogP contribution in [-0.2, 0) is 0 Å². The summed E-state index contributed by atoms with van der Waals surface area (Å²) in [5, 5.41) is 0.485. The lowest BCUT2D eigenvalue weighted by atomic mass is 10.0. The molecule has 0 radical (unpaired) electrons. The van der Waals surface area contributed by atoms with Gasteiger partial charge in [-0.05, 0) is 42.6 Å². The Morgan fingerprint density at radius 1 is 1.29 bits per heavy atom. The maximum Gasteiger partial charge on any atom is 0.179 e. The molecule has 1 saturated carbocycles. The minimum absolute atomic E-state index is 0.309. The summed E-state index contributed by atoms with van der Waals surface area (Å²) in [6.45, 7) is 4.23. The molecular formula is C15H18BrClN4. The highest BCUT2D eigenvalue weighted by Crippen LogP contribution is 2.39. The van der Waals surface area contributed by atoms with Crippen LogP contribution in [0.4, 0.5) is 0 Å². The van der Waals surface area contributed by atoms with Crippen molar-refractivity contribution >= 4 is 27.5 Å². The largest absolute Gasteiger partial charge is 0.325 e. The fourth-order valence-electron chi connectivity index (χ4n) is 2.91. The molecule has 1 aliphatic rings. The van der Waals surface area contributed by atoms with E-state index in [1.165, 1.54) is 25.7 Å². The first-order valence-corrected chi connectivity index (χ1v) is 8.50. The summed E-state index contributed by atoms with van der Waals surface area (Å²) in [7, 11) is 0. The van der Waals surface area contributed by atoms with Gasteiger partial charge in [-0.2, -0.15) is 0 Å². The number of rotatable bonds is 3. The first-order valence-electron chi connectivity index (χ1n) is 7.33. The van der Waals surface area contributed by atoms with Gasteiger partial charge in [-0.25, -0.2) is 15.0 Å². The van der Waals surface area contributed by atoms with Crippen LogP contribution in [0.15, 0.2) is 17.0 Å². The van der Waals surface area contributed by atoms with Crippen LogP contribution in [0, 0.1) is 0 Å². The van der Waals surface area contributed by atoms with Crippen molar-refractivity contribution in [2.75, 3.05) is 0 Å². The summed E-state index contributed by atoms with van der Waals surface area (Å²) < 4.78 is 2.91. The number of hydrogen-bond acceptors (Lipinski definition) is 3. The summed E-state index contributed by atoms with van der Waals surface area (Å²) in [5.74, 6) is 1.14. The average Bonchev–Trinajstić information content (AvgIpc) is 3.11. The van der Waals surface area contributed by atoms with Crippen LogP contribution >= 0.6 is 27.5 Å². The van der Waals surface area contributed by atoms with Gasteiger partial charge in [0.05, 0.1) is 22.7 Å². The number of aromatic nitrogens is 4. The van der Waals surface area contributed by atoms with Crippen molar-refractivity contribution in [3.63, 3.8) is 0 Å². The molecule has 0 N–H and O–H groups in total. The van der Waals surface area contributed by atoms with Crippen LogP contribution in [0.3, 0.4) is 0 Å². The molecule has 0 spiro atoms. The quantitative estimate of drug-likeness (QED) is 0.715. The van der Waals surface area contributed by atoms with Crippen molar-refractivity contribution in [3.05, 3.63) is 27.8 Å². The number of nitrogens with zero attached hydrogens (tertiary/aromatic N) is 4. The molecule has 0 atom stereocenters. The minimum atomic E-state index is 0.309. The Labute approximate surface area is 138 Å². The second-order valence-electron chi connectivity index (χ2n) is 5.80. The van der Waals surface area contributed by atoms with Crippen LogP contribution in [0.25, 0.3) is 11.5 Å². The van der Waals surface area contributed by atoms with Gasteiger partial charge in [0, 0.05) is 12.0 Å². The molecule has 0 aromatic carbocycles. The number of hydrogen-bond donors (Lipinski definition) is 0. The van der Waals surface area contributed by atoms with Crippen LogP contribution in [0.5, 0.6) is 0 Å². The topological polar surface area (TPSA) is 43.6 Å². The zero-order chi connectivity index (χ0) is 15.0. The van der Waals surface area contributed by atoms with Crippen LogP contribution < -0.4 is 0 Å². The molecule has 1 aliphatic carbocycles. The molecule has 3 rings (SSSR count). The summed E-state index contributed by atoms with van der Waals surface area (Å²) in [6, 6.07) is 0.309. The normalized spacial score (nSPS) is 16.0. The smallest absolute Gasteiger partial charge is 0.179 e. The van der Waals surface area contributed by atoms with Gasteiger partial charge in [-0.1, -0.05) is 24.4 Å². The summed E-state index contributed by atoms with van der Waals surface area (Å²) in [4.78, 5) is 13.5. The first kappa shape index (κ1) is 15.0. The van der Waals surface area contributed by atoms with Crippen molar-refractivity contribution in [2.24, 2.45) is 0 Å². The van der Waals surface area contributed by atoms with Gasteiger partial charge in [0.15, 0.2) is 5.82 Å². The van der Waals surface area contributed by atoms with Gasteiger partial charge >= 0.3 is 0 Å². The Bertz CT molecular complexity index is 647. The SMILES string of the molecule is CC(C)n1cncc1-c1nc(Cl)c(Br)c(C2CCCC2)n1. The molecule has 2 aromatic heterocycles. The van der Waals surface area contributed by atoms with Crippen LogP contribution in [0.2, 0.25) is 5.15 Å². The Kier molecular flexibility index (Phi) is 4.31. The monoisotopic (exact) mass is 368 g/mol. The highest BCUT2D eigenvalue weighted by atomic mass is 79.9. The molecule has 0 saturated heterocycles. The van der Waals surface area contributed by atoms with E-state index in [-0.39, 0.29) is 0 Å². The van der Waals surface area contributed by atoms with Gasteiger partial charge in [-0.3, -0.25) is 0 Å². The third kappa shape index (κ3) is 2.86. The van der Waals surface area contributed by atoms with Crippen molar-refractivity contribution in [1.29, 1.82) is 0 Å². The lowest BCUT2D eigenvalue weighted by molar-refractivity contribution is 0.602. The molecule has 1 fully saturated rings. The Morgan fingerprint density at radius 3 is 2.67 bits per heavy atom. The summed E-state index contributed by atoms with van der Waals surface area (Å²) in [6.07, 6.45) is 8.49. The molecule has 21 heavy (non-hydrogen) atoms. The van der Waals surface area contributed by atoms with Gasteiger partial charge in [-0.15, -0.1) is 0 Å². The van der Waals surface area contributed by atoms with Crippen molar-refractivity contribution < 1.29 is 0 Å². The van der Waals surface area contributed by atoms with Crippen LogP contribution in [0.1, 0.15) is 57.2 Å². The van der Waals surface area contributed by atoms with Gasteiger partial charge < -0.3 is 4.57 Å². The molecule has 4 nitrogen and oxygen atoms in total. The van der Waals surface area contributed by atoms with Crippen molar-refractivity contribution in [1.82, 2.24) is 19.5 Å². The first-order chi connectivity index (χ1) is 10.1. The van der Waals surface area contributed by atoms with E-state index in [0.717, 1.165) is 15.9 Å². The van der Waals surface area contributed by atoms with Crippen molar-refractivity contribution in [3.8, 4) is 11.5 Å². The van der Waals surface area contributed by atoms with E-state index in [1.807, 2.05) is 6.33 Å². The van der Waals surface area contributed by atoms with E-state index in [2.05, 4.69) is 44.3 Å². The van der Waals surface area contributed by atoms with E-state index in [4.69, 9.17) is 16.6 Å². The lowest BCUT2D eigenvalue weighted by Gasteiger charge is -2.15. The summed E-state index contributed by atoms with van der Waals surface area (Å²) >= 11 is 9.87. The molecule has 0 bridgehead atoms. The van der Waals surface area contributed by atoms with Gasteiger partial charge in [0.25, 0.3) is 0 Å². The van der Waals surface area contributed by atoms with Crippen molar-refractivity contribution in [2.45, 2.75) is 51.5 Å². The zero-order valence-corrected chi connectivity index (χ0v) is 14.5. The molecule has 6 heteroatoms. The third-order valence-electron chi connectivity index (χ3n) is 4.03. The standard InChI is InChI=1S/C15H18BrClN4/c1-9(2)21-8-18-7-11(21)15-19-13(10-5-3-4-6-10)12(16)14(17)20-15/h7-10H,3-6H2,1-2H3. The lowest BCUT2D eigenvalue weighted by Crippen LogP contribution is -2.07. The minimum Gasteiger partial charge on any atom is -0.325 e. The maximum absolute atomic E-state index is 6.32.